The van der Waals surface area contributed by atoms with E-state index in [-0.39, 0.29) is 0 Å². The van der Waals surface area contributed by atoms with Crippen molar-refractivity contribution >= 4 is 34.5 Å². The molecule has 0 aliphatic carbocycles. The maximum absolute atomic E-state index is 13.3. The summed E-state index contributed by atoms with van der Waals surface area (Å²) < 4.78 is 11.6. The summed E-state index contributed by atoms with van der Waals surface area (Å²) in [7, 11) is 1.52. The number of benzene rings is 5. The molecule has 0 spiro atoms. The number of methoxy groups -OCH3 is 1. The Morgan fingerprint density at radius 2 is 1.50 bits per heavy atom. The minimum Gasteiger partial charge on any atom is -0.493 e. The van der Waals surface area contributed by atoms with Gasteiger partial charge in [-0.15, -0.1) is 0 Å². The number of hydrazone groups is 1. The van der Waals surface area contributed by atoms with Gasteiger partial charge in [-0.1, -0.05) is 109 Å². The predicted molar refractivity (Wildman–Crippen MR) is 158 cm³/mol. The molecule has 2 N–H and O–H groups in total. The van der Waals surface area contributed by atoms with Gasteiger partial charge in [-0.3, -0.25) is 4.79 Å². The molecule has 0 fully saturated rings. The first-order valence-electron chi connectivity index (χ1n) is 12.6. The first-order valence-corrected chi connectivity index (χ1v) is 13.0. The van der Waals surface area contributed by atoms with Crippen LogP contribution < -0.4 is 14.9 Å². The van der Waals surface area contributed by atoms with Crippen LogP contribution in [0.3, 0.4) is 0 Å². The van der Waals surface area contributed by atoms with Gasteiger partial charge in [-0.25, -0.2) is 5.43 Å². The minimum atomic E-state index is -1.93. The molecule has 1 amide bonds. The van der Waals surface area contributed by atoms with Crippen molar-refractivity contribution in [3.63, 3.8) is 0 Å². The highest BCUT2D eigenvalue weighted by Gasteiger charge is 2.39. The van der Waals surface area contributed by atoms with Crippen LogP contribution in [0.15, 0.2) is 120 Å². The highest BCUT2D eigenvalue weighted by molar-refractivity contribution is 6.32. The summed E-state index contributed by atoms with van der Waals surface area (Å²) in [6, 6.07) is 35.1. The van der Waals surface area contributed by atoms with Gasteiger partial charge in [0.1, 0.15) is 6.61 Å². The summed E-state index contributed by atoms with van der Waals surface area (Å²) in [5.41, 5.74) is 2.94. The Morgan fingerprint density at radius 1 is 0.875 bits per heavy atom. The third-order valence-electron chi connectivity index (χ3n) is 6.54. The van der Waals surface area contributed by atoms with Crippen LogP contribution in [-0.4, -0.2) is 24.3 Å². The van der Waals surface area contributed by atoms with Crippen LogP contribution in [0.4, 0.5) is 0 Å². The molecule has 0 bridgehead atoms. The summed E-state index contributed by atoms with van der Waals surface area (Å²) >= 11 is 6.55. The fourth-order valence-electron chi connectivity index (χ4n) is 4.47. The molecule has 0 unspecified atom stereocenters. The molecular formula is C33H27ClN2O4. The van der Waals surface area contributed by atoms with E-state index in [2.05, 4.69) is 34.8 Å². The zero-order valence-electron chi connectivity index (χ0n) is 21.8. The summed E-state index contributed by atoms with van der Waals surface area (Å²) in [5.74, 6) is 0.127. The summed E-state index contributed by atoms with van der Waals surface area (Å²) in [6.45, 7) is 0.308. The van der Waals surface area contributed by atoms with Crippen molar-refractivity contribution in [1.29, 1.82) is 0 Å². The molecule has 0 aliphatic heterocycles. The third-order valence-corrected chi connectivity index (χ3v) is 6.82. The SMILES string of the molecule is COc1cc(/C=N\NC(=O)C(O)(c2ccccc2)c2ccccc2)cc(Cl)c1OCc1ccc2ccccc2c1. The number of aliphatic hydroxyl groups is 1. The third kappa shape index (κ3) is 5.69. The Morgan fingerprint density at radius 3 is 2.15 bits per heavy atom. The van der Waals surface area contributed by atoms with Gasteiger partial charge in [0.05, 0.1) is 18.3 Å². The Balaban J connectivity index is 1.32. The number of fused-ring (bicyclic) bond motifs is 1. The van der Waals surface area contributed by atoms with E-state index in [1.165, 1.54) is 13.3 Å². The molecule has 0 radical (unpaired) electrons. The van der Waals surface area contributed by atoms with E-state index in [1.807, 2.05) is 30.3 Å². The topological polar surface area (TPSA) is 80.2 Å². The van der Waals surface area contributed by atoms with Crippen molar-refractivity contribution < 1.29 is 19.4 Å². The second kappa shape index (κ2) is 12.0. The number of carbonyl (C=O) groups is 1. The molecule has 0 aromatic heterocycles. The molecule has 0 aliphatic rings. The maximum atomic E-state index is 13.3. The Labute approximate surface area is 237 Å². The van der Waals surface area contributed by atoms with Gasteiger partial charge in [0.25, 0.3) is 5.91 Å². The van der Waals surface area contributed by atoms with Crippen LogP contribution in [0.1, 0.15) is 22.3 Å². The molecule has 0 saturated carbocycles. The molecule has 6 nitrogen and oxygen atoms in total. The molecule has 7 heteroatoms. The number of nitrogens with zero attached hydrogens (tertiary/aromatic N) is 1. The van der Waals surface area contributed by atoms with Crippen LogP contribution in [0.5, 0.6) is 11.5 Å². The number of rotatable bonds is 9. The van der Waals surface area contributed by atoms with Crippen LogP contribution in [-0.2, 0) is 17.0 Å². The number of halogens is 1. The Kier molecular flexibility index (Phi) is 8.10. The summed E-state index contributed by atoms with van der Waals surface area (Å²) in [6.07, 6.45) is 1.43. The quantitative estimate of drug-likeness (QED) is 0.163. The second-order valence-corrected chi connectivity index (χ2v) is 9.55. The number of carbonyl (C=O) groups excluding carboxylic acids is 1. The zero-order chi connectivity index (χ0) is 28.0. The lowest BCUT2D eigenvalue weighted by atomic mass is 9.85. The first kappa shape index (κ1) is 26.9. The molecule has 5 rings (SSSR count). The van der Waals surface area contributed by atoms with Gasteiger partial charge in [-0.2, -0.15) is 5.10 Å². The average molecular weight is 551 g/mol. The van der Waals surface area contributed by atoms with Gasteiger partial charge in [-0.05, 0) is 51.2 Å². The molecule has 5 aromatic rings. The van der Waals surface area contributed by atoms with E-state index in [4.69, 9.17) is 21.1 Å². The fraction of sp³-hybridized carbons (Fsp3) is 0.0909. The van der Waals surface area contributed by atoms with Gasteiger partial charge in [0.2, 0.25) is 0 Å². The largest absolute Gasteiger partial charge is 0.493 e. The molecule has 40 heavy (non-hydrogen) atoms. The summed E-state index contributed by atoms with van der Waals surface area (Å²) in [5, 5.41) is 18.3. The van der Waals surface area contributed by atoms with E-state index in [9.17, 15) is 9.90 Å². The van der Waals surface area contributed by atoms with Crippen molar-refractivity contribution in [1.82, 2.24) is 5.43 Å². The van der Waals surface area contributed by atoms with E-state index < -0.39 is 11.5 Å². The highest BCUT2D eigenvalue weighted by atomic mass is 35.5. The van der Waals surface area contributed by atoms with Crippen LogP contribution in [0.2, 0.25) is 5.02 Å². The zero-order valence-corrected chi connectivity index (χ0v) is 22.5. The summed E-state index contributed by atoms with van der Waals surface area (Å²) in [4.78, 5) is 13.3. The molecule has 0 atom stereocenters. The van der Waals surface area contributed by atoms with E-state index in [1.54, 1.807) is 60.7 Å². The highest BCUT2D eigenvalue weighted by Crippen LogP contribution is 2.37. The van der Waals surface area contributed by atoms with Crippen molar-refractivity contribution in [3.8, 4) is 11.5 Å². The lowest BCUT2D eigenvalue weighted by Gasteiger charge is -2.27. The Hall–Kier alpha value is -4.65. The van der Waals surface area contributed by atoms with Gasteiger partial charge in [0, 0.05) is 0 Å². The second-order valence-electron chi connectivity index (χ2n) is 9.15. The Bertz CT molecular complexity index is 1620. The van der Waals surface area contributed by atoms with Crippen LogP contribution in [0.25, 0.3) is 10.8 Å². The number of amides is 1. The number of nitrogens with one attached hydrogen (secondary N) is 1. The monoisotopic (exact) mass is 550 g/mol. The lowest BCUT2D eigenvalue weighted by molar-refractivity contribution is -0.136. The van der Waals surface area contributed by atoms with Crippen molar-refractivity contribution in [3.05, 3.63) is 143 Å². The van der Waals surface area contributed by atoms with Crippen molar-refractivity contribution in [2.24, 2.45) is 5.10 Å². The van der Waals surface area contributed by atoms with Crippen LogP contribution >= 0.6 is 11.6 Å². The average Bonchev–Trinajstić information content (AvgIpc) is 3.00. The van der Waals surface area contributed by atoms with Crippen molar-refractivity contribution in [2.75, 3.05) is 7.11 Å². The number of hydrogen-bond donors (Lipinski definition) is 2. The van der Waals surface area contributed by atoms with Gasteiger partial charge >= 0.3 is 0 Å². The maximum Gasteiger partial charge on any atom is 0.281 e. The lowest BCUT2D eigenvalue weighted by Crippen LogP contribution is -2.43. The molecule has 0 saturated heterocycles. The molecule has 5 aromatic carbocycles. The molecular weight excluding hydrogens is 524 g/mol. The minimum absolute atomic E-state index is 0.308. The van der Waals surface area contributed by atoms with Gasteiger partial charge in [0.15, 0.2) is 17.1 Å². The van der Waals surface area contributed by atoms with Gasteiger partial charge < -0.3 is 14.6 Å². The fourth-order valence-corrected chi connectivity index (χ4v) is 4.75. The molecule has 0 heterocycles. The normalized spacial score (nSPS) is 11.5. The smallest absolute Gasteiger partial charge is 0.281 e. The van der Waals surface area contributed by atoms with Crippen molar-refractivity contribution in [2.45, 2.75) is 12.2 Å². The number of ether oxygens (including phenoxy) is 2. The first-order chi connectivity index (χ1) is 19.5. The predicted octanol–water partition coefficient (Wildman–Crippen LogP) is 6.47. The molecule has 200 valence electrons. The standard InChI is InChI=1S/C33H27ClN2O4/c1-39-30-20-24(19-29(34)31(30)40-22-23-16-17-25-10-8-9-11-26(25)18-23)21-35-36-32(37)33(38,27-12-4-2-5-13-27)28-14-6-3-7-15-28/h2-21,38H,22H2,1H3,(H,36,37)/b35-21-. The van der Waals surface area contributed by atoms with E-state index >= 15 is 0 Å². The number of hydrogen-bond acceptors (Lipinski definition) is 5. The van der Waals surface area contributed by atoms with Crippen LogP contribution in [0, 0.1) is 0 Å². The van der Waals surface area contributed by atoms with E-state index in [0.29, 0.717) is 39.8 Å². The van der Waals surface area contributed by atoms with E-state index in [0.717, 1.165) is 16.3 Å².